The van der Waals surface area contributed by atoms with Crippen molar-refractivity contribution in [2.24, 2.45) is 0 Å². The van der Waals surface area contributed by atoms with Crippen LogP contribution in [0.25, 0.3) is 32.3 Å². The largest absolute Gasteiger partial charge is 0.311 e. The van der Waals surface area contributed by atoms with E-state index in [0.717, 1.165) is 0 Å². The average Bonchev–Trinajstić information content (AvgIpc) is 3.82. The molecule has 2 aliphatic heterocycles. The van der Waals surface area contributed by atoms with Gasteiger partial charge in [-0.25, -0.2) is 0 Å². The Labute approximate surface area is 428 Å². The summed E-state index contributed by atoms with van der Waals surface area (Å²) in [7, 11) is 0. The Hall–Kier alpha value is -5.84. The third-order valence-electron chi connectivity index (χ3n) is 18.6. The van der Waals surface area contributed by atoms with Gasteiger partial charge in [0.15, 0.2) is 0 Å². The molecule has 0 amide bonds. The molecule has 5 aliphatic rings. The van der Waals surface area contributed by atoms with Gasteiger partial charge in [0, 0.05) is 38.4 Å². The monoisotopic (exact) mass is 945 g/mol. The van der Waals surface area contributed by atoms with Crippen LogP contribution < -0.4 is 26.2 Å². The molecule has 0 unspecified atom stereocenters. The summed E-state index contributed by atoms with van der Waals surface area (Å²) >= 11 is 2.03. The molecule has 4 heteroatoms. The second-order valence-electron chi connectivity index (χ2n) is 26.3. The van der Waals surface area contributed by atoms with Crippen LogP contribution in [0.2, 0.25) is 0 Å². The first-order chi connectivity index (χ1) is 33.6. The van der Waals surface area contributed by atoms with E-state index < -0.39 is 0 Å². The molecule has 8 aromatic rings. The Kier molecular flexibility index (Phi) is 9.30. The van der Waals surface area contributed by atoms with Gasteiger partial charge in [0.2, 0.25) is 0 Å². The molecule has 356 valence electrons. The molecule has 0 bridgehead atoms. The first kappa shape index (κ1) is 45.1. The summed E-state index contributed by atoms with van der Waals surface area (Å²) in [6.07, 6.45) is 4.75. The van der Waals surface area contributed by atoms with Gasteiger partial charge >= 0.3 is 0 Å². The molecular formula is C67H69BN2S. The molecule has 0 atom stereocenters. The second kappa shape index (κ2) is 14.7. The maximum Gasteiger partial charge on any atom is 0.254 e. The van der Waals surface area contributed by atoms with Crippen molar-refractivity contribution in [2.75, 3.05) is 9.80 Å². The van der Waals surface area contributed by atoms with Crippen LogP contribution in [0.15, 0.2) is 133 Å². The van der Waals surface area contributed by atoms with Gasteiger partial charge in [-0.2, -0.15) is 0 Å². The summed E-state index contributed by atoms with van der Waals surface area (Å²) in [5.41, 5.74) is 26.1. The molecule has 0 saturated carbocycles. The number of thiophene rings is 1. The van der Waals surface area contributed by atoms with Crippen molar-refractivity contribution in [3.63, 3.8) is 0 Å². The van der Waals surface area contributed by atoms with Crippen molar-refractivity contribution in [1.82, 2.24) is 0 Å². The Balaban J connectivity index is 1.19. The maximum atomic E-state index is 2.73. The van der Waals surface area contributed by atoms with Crippen LogP contribution in [-0.2, 0) is 32.5 Å². The molecule has 0 radical (unpaired) electrons. The van der Waals surface area contributed by atoms with Crippen LogP contribution >= 0.6 is 11.3 Å². The molecule has 1 aromatic heterocycles. The molecule has 7 aromatic carbocycles. The minimum atomic E-state index is -0.140. The fraction of sp³-hybridized carbons (Fsp3) is 0.343. The van der Waals surface area contributed by atoms with E-state index in [9.17, 15) is 0 Å². The van der Waals surface area contributed by atoms with Crippen molar-refractivity contribution >= 4 is 78.0 Å². The number of hydrogen-bond donors (Lipinski definition) is 0. The summed E-state index contributed by atoms with van der Waals surface area (Å²) in [5, 5.41) is 2.78. The predicted octanol–water partition coefficient (Wildman–Crippen LogP) is 17.0. The average molecular weight is 945 g/mol. The quantitative estimate of drug-likeness (QED) is 0.163. The Morgan fingerprint density at radius 3 is 1.76 bits per heavy atom. The fourth-order valence-corrected chi connectivity index (χ4v) is 15.3. The van der Waals surface area contributed by atoms with E-state index in [2.05, 4.69) is 233 Å². The highest BCUT2D eigenvalue weighted by molar-refractivity contribution is 7.26. The third kappa shape index (κ3) is 6.38. The lowest BCUT2D eigenvalue weighted by atomic mass is 9.33. The van der Waals surface area contributed by atoms with Gasteiger partial charge in [0.05, 0.1) is 10.7 Å². The van der Waals surface area contributed by atoms with Gasteiger partial charge in [0.1, 0.15) is 0 Å². The van der Waals surface area contributed by atoms with E-state index >= 15 is 0 Å². The topological polar surface area (TPSA) is 6.48 Å². The second-order valence-corrected chi connectivity index (χ2v) is 27.3. The van der Waals surface area contributed by atoms with E-state index in [1.54, 1.807) is 0 Å². The molecule has 2 nitrogen and oxygen atoms in total. The number of hydrogen-bond acceptors (Lipinski definition) is 3. The van der Waals surface area contributed by atoms with Crippen molar-refractivity contribution < 1.29 is 0 Å². The smallest absolute Gasteiger partial charge is 0.254 e. The number of benzene rings is 7. The number of nitrogens with zero attached hydrogens (tertiary/aromatic N) is 2. The lowest BCUT2D eigenvalue weighted by Gasteiger charge is -2.45. The van der Waals surface area contributed by atoms with E-state index in [4.69, 9.17) is 0 Å². The van der Waals surface area contributed by atoms with E-state index in [1.165, 1.54) is 147 Å². The first-order valence-electron chi connectivity index (χ1n) is 26.5. The molecule has 71 heavy (non-hydrogen) atoms. The first-order valence-corrected chi connectivity index (χ1v) is 27.4. The number of fused-ring (bicyclic) bond motifs is 11. The summed E-state index contributed by atoms with van der Waals surface area (Å²) in [5.74, 6) is 0. The van der Waals surface area contributed by atoms with Gasteiger partial charge in [-0.05, 0) is 179 Å². The standard InChI is InChI=1S/C67H69BN2S/c1-62(2,3)42-26-29-52-54(36-42)70(53-25-19-24-48-58(53)44-22-17-18-23-46(44)67(48,12)13)56-35-41(40-20-15-14-16-21-40)34-55-60(56)68(52)59-45-38-50-51(66(10,11)33-32-65(50,8)9)39-57(45)71-61(59)69(55)43-27-28-47-49(37-43)64(6,7)31-30-63(47,4)5/h14-29,34-39H,30-33H2,1-13H3. The highest BCUT2D eigenvalue weighted by Gasteiger charge is 2.49. The van der Waals surface area contributed by atoms with Gasteiger partial charge in [-0.3, -0.25) is 0 Å². The maximum absolute atomic E-state index is 2.73. The minimum Gasteiger partial charge on any atom is -0.311 e. The van der Waals surface area contributed by atoms with Gasteiger partial charge in [-0.1, -0.05) is 175 Å². The van der Waals surface area contributed by atoms with E-state index in [0.29, 0.717) is 0 Å². The zero-order chi connectivity index (χ0) is 49.5. The Bertz CT molecular complexity index is 3570. The fourth-order valence-electron chi connectivity index (χ4n) is 14.0. The van der Waals surface area contributed by atoms with Crippen LogP contribution in [0.3, 0.4) is 0 Å². The summed E-state index contributed by atoms with van der Waals surface area (Å²) in [6, 6.07) is 53.1. The lowest BCUT2D eigenvalue weighted by Crippen LogP contribution is -2.61. The number of rotatable bonds is 3. The summed E-state index contributed by atoms with van der Waals surface area (Å²) < 4.78 is 1.40. The molecule has 0 fully saturated rings. The Morgan fingerprint density at radius 2 is 1.07 bits per heavy atom. The van der Waals surface area contributed by atoms with Crippen molar-refractivity contribution in [3.8, 4) is 22.3 Å². The summed E-state index contributed by atoms with van der Waals surface area (Å²) in [4.78, 5) is 5.45. The highest BCUT2D eigenvalue weighted by Crippen LogP contribution is 2.58. The lowest BCUT2D eigenvalue weighted by molar-refractivity contribution is 0.332. The van der Waals surface area contributed by atoms with Crippen LogP contribution in [-0.4, -0.2) is 6.71 Å². The third-order valence-corrected chi connectivity index (χ3v) is 19.7. The molecule has 0 spiro atoms. The molecule has 0 saturated heterocycles. The normalized spacial score (nSPS) is 19.0. The molecule has 3 heterocycles. The molecular weight excluding hydrogens is 876 g/mol. The highest BCUT2D eigenvalue weighted by atomic mass is 32.1. The van der Waals surface area contributed by atoms with Crippen LogP contribution in [0.5, 0.6) is 0 Å². The van der Waals surface area contributed by atoms with Crippen LogP contribution in [0.4, 0.5) is 33.4 Å². The zero-order valence-electron chi connectivity index (χ0n) is 44.4. The molecule has 13 rings (SSSR count). The van der Waals surface area contributed by atoms with Crippen LogP contribution in [0.1, 0.15) is 155 Å². The summed E-state index contributed by atoms with van der Waals surface area (Å²) in [6.45, 7) is 31.8. The Morgan fingerprint density at radius 1 is 0.465 bits per heavy atom. The van der Waals surface area contributed by atoms with Gasteiger partial charge in [-0.15, -0.1) is 11.3 Å². The van der Waals surface area contributed by atoms with E-state index in [-0.39, 0.29) is 39.2 Å². The minimum absolute atomic E-state index is 0.0105. The van der Waals surface area contributed by atoms with Crippen molar-refractivity contribution in [3.05, 3.63) is 172 Å². The predicted molar refractivity (Wildman–Crippen MR) is 308 cm³/mol. The van der Waals surface area contributed by atoms with Gasteiger partial charge in [0.25, 0.3) is 6.71 Å². The molecule has 3 aliphatic carbocycles. The van der Waals surface area contributed by atoms with E-state index in [1.807, 2.05) is 11.3 Å². The van der Waals surface area contributed by atoms with Gasteiger partial charge < -0.3 is 9.80 Å². The molecule has 0 N–H and O–H groups in total. The van der Waals surface area contributed by atoms with Crippen molar-refractivity contribution in [1.29, 1.82) is 0 Å². The van der Waals surface area contributed by atoms with Crippen molar-refractivity contribution in [2.45, 2.75) is 148 Å². The number of anilines is 6. The van der Waals surface area contributed by atoms with Crippen LogP contribution in [0, 0.1) is 0 Å². The zero-order valence-corrected chi connectivity index (χ0v) is 45.2. The SMILES string of the molecule is CC(C)(C)c1ccc2c(c1)N(c1cccc3c1-c1ccccc1C3(C)C)c1cc(-c3ccccc3)cc3c1B2c1c(sc2cc4c(cc12)C(C)(C)CCC4(C)C)N3c1ccc2c(c1)C(C)(C)CCC2(C)C.